The summed E-state index contributed by atoms with van der Waals surface area (Å²) in [5.74, 6) is -2.11. The number of benzene rings is 1. The number of aliphatic carboxylic acids is 2. The summed E-state index contributed by atoms with van der Waals surface area (Å²) in [6, 6.07) is 5.99. The lowest BCUT2D eigenvalue weighted by Gasteiger charge is -2.12. The number of carboxylic acid groups (broad SMARTS) is 2. The lowest BCUT2D eigenvalue weighted by Crippen LogP contribution is -2.20. The number of hydrogen-bond acceptors (Lipinski definition) is 5. The van der Waals surface area contributed by atoms with Crippen molar-refractivity contribution in [3.63, 3.8) is 0 Å². The Labute approximate surface area is 165 Å². The first-order valence-electron chi connectivity index (χ1n) is 8.84. The molecule has 0 bridgehead atoms. The van der Waals surface area contributed by atoms with Gasteiger partial charge in [0.25, 0.3) is 0 Å². The first-order chi connectivity index (χ1) is 13.0. The molecule has 0 saturated heterocycles. The fourth-order valence-electron chi connectivity index (χ4n) is 2.62. The summed E-state index contributed by atoms with van der Waals surface area (Å²) >= 11 is 0. The molecule has 2 rings (SSSR count). The molecule has 1 aromatic rings. The predicted octanol–water partition coefficient (Wildman–Crippen LogP) is 1.56. The first kappa shape index (κ1) is 23.8. The van der Waals surface area contributed by atoms with Crippen molar-refractivity contribution in [2.75, 3.05) is 27.7 Å². The number of rotatable bonds is 9. The zero-order valence-corrected chi connectivity index (χ0v) is 17.3. The van der Waals surface area contributed by atoms with Crippen molar-refractivity contribution in [1.29, 1.82) is 0 Å². The molecule has 0 unspecified atom stereocenters. The Kier molecular flexibility index (Phi) is 9.30. The summed E-state index contributed by atoms with van der Waals surface area (Å²) in [5, 5.41) is 15.8. The smallest absolute Gasteiger partial charge is 0.303 e. The van der Waals surface area contributed by atoms with Gasteiger partial charge in [-0.25, -0.2) is 13.1 Å². The predicted molar refractivity (Wildman–Crippen MR) is 107 cm³/mol. The lowest BCUT2D eigenvalue weighted by atomic mass is 10.0. The molecular formula is C19H28N2O6S. The van der Waals surface area contributed by atoms with Crippen molar-refractivity contribution >= 4 is 27.5 Å². The Hall–Kier alpha value is -2.23. The Morgan fingerprint density at radius 2 is 1.75 bits per heavy atom. The average Bonchev–Trinajstić information content (AvgIpc) is 3.00. The van der Waals surface area contributed by atoms with Gasteiger partial charge in [-0.05, 0) is 56.2 Å². The summed E-state index contributed by atoms with van der Waals surface area (Å²) in [6.07, 6.45) is 3.62. The highest BCUT2D eigenvalue weighted by molar-refractivity contribution is 7.88. The van der Waals surface area contributed by atoms with Crippen LogP contribution in [0.1, 0.15) is 36.0 Å². The molecule has 156 valence electrons. The molecule has 0 spiro atoms. The van der Waals surface area contributed by atoms with E-state index in [-0.39, 0.29) is 18.6 Å². The van der Waals surface area contributed by atoms with Crippen LogP contribution in [0.2, 0.25) is 0 Å². The molecule has 8 nitrogen and oxygen atoms in total. The molecule has 28 heavy (non-hydrogen) atoms. The van der Waals surface area contributed by atoms with Gasteiger partial charge in [0.05, 0.1) is 18.6 Å². The third-order valence-corrected chi connectivity index (χ3v) is 5.47. The molecule has 0 atom stereocenters. The minimum Gasteiger partial charge on any atom is -0.481 e. The molecule has 0 radical (unpaired) electrons. The maximum atomic E-state index is 11.6. The van der Waals surface area contributed by atoms with E-state index in [4.69, 9.17) is 10.2 Å². The summed E-state index contributed by atoms with van der Waals surface area (Å²) < 4.78 is 25.6. The number of carboxylic acids is 2. The van der Waals surface area contributed by atoms with Crippen LogP contribution in [0.15, 0.2) is 24.3 Å². The van der Waals surface area contributed by atoms with E-state index in [1.54, 1.807) is 0 Å². The molecule has 3 N–H and O–H groups in total. The molecule has 1 aliphatic carbocycles. The summed E-state index contributed by atoms with van der Waals surface area (Å²) in [5.41, 5.74) is 4.69. The number of hydrogen-bond donors (Lipinski definition) is 3. The third-order valence-electron chi connectivity index (χ3n) is 4.14. The van der Waals surface area contributed by atoms with E-state index in [1.165, 1.54) is 23.7 Å². The standard InChI is InChI=1S/C15H22N2O2S.C4H6O4/c1-16-20(18,19)11-12-4-5-13-6-7-14(15(13)10-12)8-9-17(2)3;5-3(6)1-2-4(7)8/h4-5,7,10,16H,6,8-9,11H2,1-3H3;1-2H2,(H,5,6)(H,7,8). The van der Waals surface area contributed by atoms with Crippen LogP contribution in [0.3, 0.4) is 0 Å². The van der Waals surface area contributed by atoms with Gasteiger partial charge in [0.2, 0.25) is 10.0 Å². The Bertz CT molecular complexity index is 817. The molecule has 0 aliphatic heterocycles. The van der Waals surface area contributed by atoms with Crippen LogP contribution in [0.25, 0.3) is 5.57 Å². The maximum absolute atomic E-state index is 11.6. The number of nitrogens with one attached hydrogen (secondary N) is 1. The Morgan fingerprint density at radius 3 is 2.25 bits per heavy atom. The highest BCUT2D eigenvalue weighted by Crippen LogP contribution is 2.31. The van der Waals surface area contributed by atoms with Gasteiger partial charge in [-0.1, -0.05) is 24.3 Å². The van der Waals surface area contributed by atoms with Crippen LogP contribution in [-0.4, -0.2) is 63.2 Å². The van der Waals surface area contributed by atoms with Gasteiger partial charge in [0.15, 0.2) is 0 Å². The number of carbonyl (C=O) groups is 2. The zero-order chi connectivity index (χ0) is 21.3. The average molecular weight is 413 g/mol. The van der Waals surface area contributed by atoms with Crippen LogP contribution in [0.5, 0.6) is 0 Å². The highest BCUT2D eigenvalue weighted by Gasteiger charge is 2.16. The molecule has 0 amide bonds. The second kappa shape index (κ2) is 10.9. The van der Waals surface area contributed by atoms with Gasteiger partial charge < -0.3 is 15.1 Å². The minimum absolute atomic E-state index is 0.0394. The number of sulfonamides is 1. The topological polar surface area (TPSA) is 124 Å². The lowest BCUT2D eigenvalue weighted by molar-refractivity contribution is -0.143. The maximum Gasteiger partial charge on any atom is 0.303 e. The summed E-state index contributed by atoms with van der Waals surface area (Å²) in [4.78, 5) is 21.4. The second-order valence-corrected chi connectivity index (χ2v) is 8.66. The van der Waals surface area contributed by atoms with Gasteiger partial charge in [0, 0.05) is 6.54 Å². The van der Waals surface area contributed by atoms with Crippen molar-refractivity contribution in [2.24, 2.45) is 0 Å². The number of fused-ring (bicyclic) bond motifs is 1. The SMILES string of the molecule is CNS(=O)(=O)Cc1ccc2c(c1)C(CCN(C)C)=CC2.O=C(O)CCC(=O)O. The monoisotopic (exact) mass is 412 g/mol. The number of nitrogens with zero attached hydrogens (tertiary/aromatic N) is 1. The van der Waals surface area contributed by atoms with Crippen LogP contribution in [-0.2, 0) is 31.8 Å². The largest absolute Gasteiger partial charge is 0.481 e. The second-order valence-electron chi connectivity index (χ2n) is 6.73. The molecule has 9 heteroatoms. The van der Waals surface area contributed by atoms with Crippen LogP contribution in [0.4, 0.5) is 0 Å². The van der Waals surface area contributed by atoms with E-state index < -0.39 is 22.0 Å². The van der Waals surface area contributed by atoms with Gasteiger partial charge in [-0.2, -0.15) is 0 Å². The molecule has 0 fully saturated rings. The highest BCUT2D eigenvalue weighted by atomic mass is 32.2. The molecule has 0 heterocycles. The van der Waals surface area contributed by atoms with E-state index in [2.05, 4.69) is 35.9 Å². The molecule has 1 aromatic carbocycles. The molecule has 0 aromatic heterocycles. The van der Waals surface area contributed by atoms with Gasteiger partial charge in [-0.15, -0.1) is 0 Å². The fraction of sp³-hybridized carbons (Fsp3) is 0.474. The Morgan fingerprint density at radius 1 is 1.14 bits per heavy atom. The first-order valence-corrected chi connectivity index (χ1v) is 10.5. The molecular weight excluding hydrogens is 384 g/mol. The van der Waals surface area contributed by atoms with E-state index >= 15 is 0 Å². The normalized spacial score (nSPS) is 12.8. The van der Waals surface area contributed by atoms with Crippen molar-refractivity contribution in [3.05, 3.63) is 41.0 Å². The van der Waals surface area contributed by atoms with E-state index in [1.807, 2.05) is 12.1 Å². The number of allylic oxidation sites excluding steroid dienone is 1. The Balaban J connectivity index is 0.000000416. The van der Waals surface area contributed by atoms with Gasteiger partial charge in [-0.3, -0.25) is 9.59 Å². The zero-order valence-electron chi connectivity index (χ0n) is 16.4. The van der Waals surface area contributed by atoms with Crippen LogP contribution < -0.4 is 4.72 Å². The van der Waals surface area contributed by atoms with Crippen molar-refractivity contribution < 1.29 is 28.2 Å². The van der Waals surface area contributed by atoms with Crippen LogP contribution in [0, 0.1) is 0 Å². The van der Waals surface area contributed by atoms with E-state index in [0.717, 1.165) is 24.9 Å². The summed E-state index contributed by atoms with van der Waals surface area (Å²) in [6.45, 7) is 1.00. The van der Waals surface area contributed by atoms with Gasteiger partial charge in [0.1, 0.15) is 0 Å². The molecule has 1 aliphatic rings. The van der Waals surface area contributed by atoms with Gasteiger partial charge >= 0.3 is 11.9 Å². The third kappa shape index (κ3) is 8.64. The fourth-order valence-corrected chi connectivity index (χ4v) is 3.38. The van der Waals surface area contributed by atoms with Crippen molar-refractivity contribution in [2.45, 2.75) is 31.4 Å². The van der Waals surface area contributed by atoms with E-state index in [0.29, 0.717) is 0 Å². The quantitative estimate of drug-likeness (QED) is 0.562. The van der Waals surface area contributed by atoms with Crippen molar-refractivity contribution in [3.8, 4) is 0 Å². The van der Waals surface area contributed by atoms with Crippen molar-refractivity contribution in [1.82, 2.24) is 9.62 Å². The summed E-state index contributed by atoms with van der Waals surface area (Å²) in [7, 11) is 2.36. The van der Waals surface area contributed by atoms with Crippen LogP contribution >= 0.6 is 0 Å². The minimum atomic E-state index is -3.21. The van der Waals surface area contributed by atoms with E-state index in [9.17, 15) is 18.0 Å². The molecule has 0 saturated carbocycles.